The van der Waals surface area contributed by atoms with Gasteiger partial charge < -0.3 is 10.6 Å². The molecule has 0 bridgehead atoms. The molecular formula is C46H48N2. The van der Waals surface area contributed by atoms with E-state index in [1.54, 1.807) is 0 Å². The number of hydrogen-bond acceptors (Lipinski definition) is 2. The summed E-state index contributed by atoms with van der Waals surface area (Å²) in [4.78, 5) is 0. The van der Waals surface area contributed by atoms with Gasteiger partial charge in [0, 0.05) is 22.5 Å². The summed E-state index contributed by atoms with van der Waals surface area (Å²) in [6.45, 7) is 18.1. The molecule has 2 atom stereocenters. The summed E-state index contributed by atoms with van der Waals surface area (Å²) in [5.41, 5.74) is 18.1. The quantitative estimate of drug-likeness (QED) is 0.175. The summed E-state index contributed by atoms with van der Waals surface area (Å²) >= 11 is 0. The van der Waals surface area contributed by atoms with Gasteiger partial charge in [0.1, 0.15) is 0 Å². The van der Waals surface area contributed by atoms with Gasteiger partial charge in [-0.15, -0.1) is 0 Å². The van der Waals surface area contributed by atoms with Crippen LogP contribution in [0.4, 0.5) is 11.4 Å². The van der Waals surface area contributed by atoms with Gasteiger partial charge in [-0.1, -0.05) is 136 Å². The van der Waals surface area contributed by atoms with Crippen molar-refractivity contribution in [3.63, 3.8) is 0 Å². The van der Waals surface area contributed by atoms with Crippen LogP contribution in [0.5, 0.6) is 0 Å². The largest absolute Gasteiger partial charge is 0.375 e. The smallest absolute Gasteiger partial charge is 0.0763 e. The Kier molecular flexibility index (Phi) is 8.37. The molecule has 0 saturated heterocycles. The van der Waals surface area contributed by atoms with E-state index in [0.717, 1.165) is 0 Å². The number of hydrogen-bond donors (Lipinski definition) is 2. The Morgan fingerprint density at radius 1 is 0.458 bits per heavy atom. The maximum absolute atomic E-state index is 4.20. The van der Waals surface area contributed by atoms with Crippen LogP contribution in [0, 0.1) is 27.7 Å². The van der Waals surface area contributed by atoms with Crippen LogP contribution in [-0.2, 0) is 0 Å². The third-order valence-electron chi connectivity index (χ3n) is 10.3. The van der Waals surface area contributed by atoms with E-state index in [0.29, 0.717) is 11.8 Å². The normalized spacial score (nSPS) is 15.5. The molecule has 0 saturated carbocycles. The van der Waals surface area contributed by atoms with Gasteiger partial charge in [0.05, 0.1) is 12.1 Å². The van der Waals surface area contributed by atoms with Crippen LogP contribution in [0.1, 0.15) is 96.1 Å². The molecular weight excluding hydrogens is 581 g/mol. The minimum Gasteiger partial charge on any atom is -0.375 e. The Bertz CT molecular complexity index is 2000. The molecule has 0 fully saturated rings. The highest BCUT2D eigenvalue weighted by molar-refractivity contribution is 5.95. The number of rotatable bonds is 8. The lowest BCUT2D eigenvalue weighted by molar-refractivity contribution is 0.681. The molecule has 48 heavy (non-hydrogen) atoms. The van der Waals surface area contributed by atoms with Gasteiger partial charge in [0.2, 0.25) is 0 Å². The van der Waals surface area contributed by atoms with Gasteiger partial charge >= 0.3 is 0 Å². The predicted molar refractivity (Wildman–Crippen MR) is 208 cm³/mol. The predicted octanol–water partition coefficient (Wildman–Crippen LogP) is 13.0. The molecule has 0 aromatic heterocycles. The zero-order valence-electron chi connectivity index (χ0n) is 29.7. The Morgan fingerprint density at radius 3 is 1.29 bits per heavy atom. The van der Waals surface area contributed by atoms with Crippen LogP contribution in [-0.4, -0.2) is 0 Å². The molecule has 2 heteroatoms. The zero-order chi connectivity index (χ0) is 33.7. The van der Waals surface area contributed by atoms with Gasteiger partial charge in [-0.25, -0.2) is 0 Å². The molecule has 0 radical (unpaired) electrons. The van der Waals surface area contributed by atoms with Crippen LogP contribution in [0.15, 0.2) is 109 Å². The fraction of sp³-hybridized carbons (Fsp3) is 0.261. The lowest BCUT2D eigenvalue weighted by atomic mass is 9.88. The Balaban J connectivity index is 1.41. The van der Waals surface area contributed by atoms with Crippen molar-refractivity contribution in [3.05, 3.63) is 154 Å². The molecule has 0 spiro atoms. The fourth-order valence-electron chi connectivity index (χ4n) is 8.15. The minimum atomic E-state index is 0.0198. The highest BCUT2D eigenvalue weighted by Gasteiger charge is 2.36. The number of nitrogens with one attached hydrogen (secondary N) is 2. The Labute approximate surface area is 287 Å². The summed E-state index contributed by atoms with van der Waals surface area (Å²) in [6.07, 6.45) is 0. The maximum atomic E-state index is 4.20. The van der Waals surface area contributed by atoms with Crippen molar-refractivity contribution >= 4 is 22.1 Å². The Hall–Kier alpha value is -4.82. The van der Waals surface area contributed by atoms with Crippen LogP contribution in [0.2, 0.25) is 0 Å². The molecule has 1 aliphatic rings. The second-order valence-corrected chi connectivity index (χ2v) is 14.5. The fourth-order valence-corrected chi connectivity index (χ4v) is 8.15. The molecule has 2 unspecified atom stereocenters. The second kappa shape index (κ2) is 12.7. The number of aryl methyl sites for hydroxylation is 4. The van der Waals surface area contributed by atoms with Crippen LogP contribution in [0.3, 0.4) is 0 Å². The monoisotopic (exact) mass is 628 g/mol. The van der Waals surface area contributed by atoms with E-state index in [1.807, 2.05) is 0 Å². The van der Waals surface area contributed by atoms with E-state index in [9.17, 15) is 0 Å². The first-order valence-corrected chi connectivity index (χ1v) is 17.6. The molecule has 1 aliphatic carbocycles. The van der Waals surface area contributed by atoms with Crippen molar-refractivity contribution in [2.24, 2.45) is 0 Å². The van der Waals surface area contributed by atoms with Gasteiger partial charge in [-0.3, -0.25) is 0 Å². The van der Waals surface area contributed by atoms with Gasteiger partial charge in [0.15, 0.2) is 0 Å². The van der Waals surface area contributed by atoms with E-state index in [-0.39, 0.29) is 12.1 Å². The Morgan fingerprint density at radius 2 is 0.875 bits per heavy atom. The van der Waals surface area contributed by atoms with Crippen LogP contribution < -0.4 is 10.6 Å². The second-order valence-electron chi connectivity index (χ2n) is 14.5. The molecule has 7 rings (SSSR count). The topological polar surface area (TPSA) is 24.1 Å². The van der Waals surface area contributed by atoms with Crippen molar-refractivity contribution in [3.8, 4) is 22.3 Å². The van der Waals surface area contributed by atoms with E-state index in [2.05, 4.69) is 175 Å². The van der Waals surface area contributed by atoms with Crippen molar-refractivity contribution in [2.45, 2.75) is 79.3 Å². The van der Waals surface area contributed by atoms with Crippen LogP contribution >= 0.6 is 0 Å². The van der Waals surface area contributed by atoms with Crippen molar-refractivity contribution in [1.29, 1.82) is 0 Å². The first-order valence-electron chi connectivity index (χ1n) is 17.6. The highest BCUT2D eigenvalue weighted by Crippen LogP contribution is 2.50. The zero-order valence-corrected chi connectivity index (χ0v) is 29.7. The SMILES string of the molecule is Cc1cc(C)c(NC2c3cccc4cccc(c34)C2Nc2c(C)cc(C)cc2-c2ccccc2C(C)C)c(-c2ccccc2C(C)C)c1. The van der Waals surface area contributed by atoms with Crippen LogP contribution in [0.25, 0.3) is 33.0 Å². The van der Waals surface area contributed by atoms with E-state index < -0.39 is 0 Å². The number of benzene rings is 6. The third-order valence-corrected chi connectivity index (χ3v) is 10.3. The lowest BCUT2D eigenvalue weighted by Gasteiger charge is -2.30. The summed E-state index contributed by atoms with van der Waals surface area (Å²) < 4.78 is 0. The molecule has 0 heterocycles. The standard InChI is InChI=1S/C46H48N2/c1-27(2)34-17-9-11-19-36(34)40-25-29(5)23-31(7)43(40)47-45-38-21-13-15-33-16-14-22-39(42(33)38)46(45)48-44-32(8)24-30(6)26-41(44)37-20-12-10-18-35(37)28(3)4/h9-28,45-48H,1-8H3. The maximum Gasteiger partial charge on any atom is 0.0763 e. The molecule has 2 nitrogen and oxygen atoms in total. The third kappa shape index (κ3) is 5.58. The first-order chi connectivity index (χ1) is 23.1. The molecule has 0 amide bonds. The van der Waals surface area contributed by atoms with Gasteiger partial charge in [-0.2, -0.15) is 0 Å². The van der Waals surface area contributed by atoms with E-state index in [4.69, 9.17) is 0 Å². The average molecular weight is 629 g/mol. The molecule has 2 N–H and O–H groups in total. The first kappa shape index (κ1) is 31.8. The van der Waals surface area contributed by atoms with Crippen molar-refractivity contribution < 1.29 is 0 Å². The van der Waals surface area contributed by atoms with Gasteiger partial charge in [-0.05, 0) is 107 Å². The van der Waals surface area contributed by atoms with E-state index >= 15 is 0 Å². The van der Waals surface area contributed by atoms with Gasteiger partial charge in [0.25, 0.3) is 0 Å². The highest BCUT2D eigenvalue weighted by atomic mass is 15.0. The summed E-state index contributed by atoms with van der Waals surface area (Å²) in [5, 5.41) is 11.1. The molecule has 242 valence electrons. The molecule has 6 aromatic carbocycles. The molecule has 0 aliphatic heterocycles. The van der Waals surface area contributed by atoms with Crippen molar-refractivity contribution in [2.75, 3.05) is 10.6 Å². The molecule has 6 aromatic rings. The van der Waals surface area contributed by atoms with E-state index in [1.165, 1.54) is 88.9 Å². The summed E-state index contributed by atoms with van der Waals surface area (Å²) in [5.74, 6) is 0.843. The summed E-state index contributed by atoms with van der Waals surface area (Å²) in [7, 11) is 0. The van der Waals surface area contributed by atoms with Crippen molar-refractivity contribution in [1.82, 2.24) is 0 Å². The number of anilines is 2. The minimum absolute atomic E-state index is 0.0198. The average Bonchev–Trinajstić information content (AvgIpc) is 3.36. The summed E-state index contributed by atoms with van der Waals surface area (Å²) in [6, 6.07) is 40.9. The lowest BCUT2D eigenvalue weighted by Crippen LogP contribution is -2.23.